The van der Waals surface area contributed by atoms with Crippen molar-refractivity contribution in [2.24, 2.45) is 0 Å². The van der Waals surface area contributed by atoms with E-state index >= 15 is 0 Å². The minimum Gasteiger partial charge on any atom is -0.460 e. The highest BCUT2D eigenvalue weighted by molar-refractivity contribution is 5.90. The quantitative estimate of drug-likeness (QED) is 0.617. The average Bonchev–Trinajstić information content (AvgIpc) is 2.25. The number of nitrogen functional groups attached to an aromatic ring is 1. The lowest BCUT2D eigenvalue weighted by molar-refractivity contribution is 0.0416. The van der Waals surface area contributed by atoms with Crippen LogP contribution < -0.4 is 5.73 Å². The van der Waals surface area contributed by atoms with E-state index in [2.05, 4.69) is 0 Å². The van der Waals surface area contributed by atoms with Gasteiger partial charge in [0.05, 0.1) is 5.56 Å². The van der Waals surface area contributed by atoms with Crippen molar-refractivity contribution in [1.29, 1.82) is 0 Å². The lowest BCUT2D eigenvalue weighted by Crippen LogP contribution is -2.30. The Balaban J connectivity index is 2.53. The minimum absolute atomic E-state index is 0.199. The van der Waals surface area contributed by atoms with Gasteiger partial charge in [-0.15, -0.1) is 0 Å². The molecule has 0 fully saturated rings. The van der Waals surface area contributed by atoms with E-state index in [1.807, 2.05) is 25.9 Å². The molecule has 1 atom stereocenters. The number of likely N-dealkylation sites (N-methyl/N-ethyl adjacent to an activating group) is 1. The van der Waals surface area contributed by atoms with Crippen LogP contribution in [0.4, 0.5) is 5.69 Å². The average molecular weight is 222 g/mol. The fourth-order valence-electron chi connectivity index (χ4n) is 1.09. The van der Waals surface area contributed by atoms with Crippen molar-refractivity contribution in [3.63, 3.8) is 0 Å². The van der Waals surface area contributed by atoms with E-state index in [0.29, 0.717) is 17.9 Å². The van der Waals surface area contributed by atoms with Crippen LogP contribution >= 0.6 is 0 Å². The molecule has 16 heavy (non-hydrogen) atoms. The van der Waals surface area contributed by atoms with E-state index in [0.717, 1.165) is 0 Å². The van der Waals surface area contributed by atoms with Gasteiger partial charge in [0.15, 0.2) is 0 Å². The van der Waals surface area contributed by atoms with E-state index in [1.54, 1.807) is 24.3 Å². The van der Waals surface area contributed by atoms with Crippen molar-refractivity contribution < 1.29 is 9.53 Å². The summed E-state index contributed by atoms with van der Waals surface area (Å²) in [6.45, 7) is 2.37. The molecule has 88 valence electrons. The standard InChI is InChI=1S/C12H18N2O2/c1-9(14(2)3)8-16-12(15)10-5-4-6-11(13)7-10/h4-7,9H,8,13H2,1-3H3. The van der Waals surface area contributed by atoms with Crippen LogP contribution in [-0.2, 0) is 4.74 Å². The van der Waals surface area contributed by atoms with Gasteiger partial charge < -0.3 is 15.4 Å². The summed E-state index contributed by atoms with van der Waals surface area (Å²) in [4.78, 5) is 13.6. The second-order valence-corrected chi connectivity index (χ2v) is 4.04. The van der Waals surface area contributed by atoms with Gasteiger partial charge in [-0.25, -0.2) is 4.79 Å². The maximum absolute atomic E-state index is 11.6. The first-order valence-electron chi connectivity index (χ1n) is 5.20. The van der Waals surface area contributed by atoms with Gasteiger partial charge in [-0.05, 0) is 39.2 Å². The number of nitrogens with zero attached hydrogens (tertiary/aromatic N) is 1. The summed E-state index contributed by atoms with van der Waals surface area (Å²) in [6.07, 6.45) is 0. The SMILES string of the molecule is CC(COC(=O)c1cccc(N)c1)N(C)C. The lowest BCUT2D eigenvalue weighted by Gasteiger charge is -2.19. The second kappa shape index (κ2) is 5.51. The summed E-state index contributed by atoms with van der Waals surface area (Å²) >= 11 is 0. The molecule has 0 aliphatic rings. The normalized spacial score (nSPS) is 12.5. The first-order chi connectivity index (χ1) is 7.50. The molecule has 0 aliphatic carbocycles. The molecule has 0 aromatic heterocycles. The van der Waals surface area contributed by atoms with Gasteiger partial charge in [-0.1, -0.05) is 6.07 Å². The number of hydrogen-bond donors (Lipinski definition) is 1. The summed E-state index contributed by atoms with van der Waals surface area (Å²) in [6, 6.07) is 6.98. The van der Waals surface area contributed by atoms with Gasteiger partial charge in [-0.2, -0.15) is 0 Å². The molecule has 4 nitrogen and oxygen atoms in total. The summed E-state index contributed by atoms with van der Waals surface area (Å²) in [5.41, 5.74) is 6.64. The largest absolute Gasteiger partial charge is 0.460 e. The maximum atomic E-state index is 11.6. The number of benzene rings is 1. The Bertz CT molecular complexity index is 364. The van der Waals surface area contributed by atoms with Crippen LogP contribution in [0, 0.1) is 0 Å². The first kappa shape index (κ1) is 12.5. The zero-order valence-corrected chi connectivity index (χ0v) is 9.93. The van der Waals surface area contributed by atoms with Crippen LogP contribution in [0.5, 0.6) is 0 Å². The van der Waals surface area contributed by atoms with Gasteiger partial charge in [0.25, 0.3) is 0 Å². The van der Waals surface area contributed by atoms with Gasteiger partial charge in [0.1, 0.15) is 6.61 Å². The minimum atomic E-state index is -0.332. The van der Waals surface area contributed by atoms with Gasteiger partial charge in [0.2, 0.25) is 0 Å². The van der Waals surface area contributed by atoms with Crippen molar-refractivity contribution in [2.45, 2.75) is 13.0 Å². The third-order valence-electron chi connectivity index (χ3n) is 2.46. The molecule has 0 saturated heterocycles. The lowest BCUT2D eigenvalue weighted by atomic mass is 10.2. The highest BCUT2D eigenvalue weighted by Crippen LogP contribution is 2.08. The number of ether oxygens (including phenoxy) is 1. The summed E-state index contributed by atoms with van der Waals surface area (Å²) < 4.78 is 5.17. The second-order valence-electron chi connectivity index (χ2n) is 4.04. The van der Waals surface area contributed by atoms with E-state index < -0.39 is 0 Å². The summed E-state index contributed by atoms with van der Waals surface area (Å²) in [5.74, 6) is -0.332. The number of nitrogens with two attached hydrogens (primary N) is 1. The van der Waals surface area contributed by atoms with Crippen LogP contribution in [0.15, 0.2) is 24.3 Å². The van der Waals surface area contributed by atoms with E-state index in [9.17, 15) is 4.79 Å². The monoisotopic (exact) mass is 222 g/mol. The number of esters is 1. The van der Waals surface area contributed by atoms with Crippen molar-refractivity contribution in [1.82, 2.24) is 4.90 Å². The molecule has 0 aliphatic heterocycles. The molecule has 0 heterocycles. The highest BCUT2D eigenvalue weighted by Gasteiger charge is 2.10. The maximum Gasteiger partial charge on any atom is 0.338 e. The molecule has 0 amide bonds. The Hall–Kier alpha value is -1.55. The highest BCUT2D eigenvalue weighted by atomic mass is 16.5. The van der Waals surface area contributed by atoms with Crippen LogP contribution in [0.1, 0.15) is 17.3 Å². The molecule has 0 radical (unpaired) electrons. The molecule has 0 saturated carbocycles. The summed E-state index contributed by atoms with van der Waals surface area (Å²) in [7, 11) is 3.89. The Morgan fingerprint density at radius 2 is 2.19 bits per heavy atom. The molecule has 1 aromatic rings. The van der Waals surface area contributed by atoms with Gasteiger partial charge >= 0.3 is 5.97 Å². The zero-order chi connectivity index (χ0) is 12.1. The van der Waals surface area contributed by atoms with Crippen LogP contribution in [0.3, 0.4) is 0 Å². The molecule has 1 unspecified atom stereocenters. The Labute approximate surface area is 96.0 Å². The fraction of sp³-hybridized carbons (Fsp3) is 0.417. The van der Waals surface area contributed by atoms with E-state index in [1.165, 1.54) is 0 Å². The molecule has 0 bridgehead atoms. The molecule has 1 rings (SSSR count). The molecular formula is C12H18N2O2. The zero-order valence-electron chi connectivity index (χ0n) is 9.93. The van der Waals surface area contributed by atoms with Crippen LogP contribution in [-0.4, -0.2) is 37.6 Å². The number of carbonyl (C=O) groups is 1. The molecule has 0 spiro atoms. The number of rotatable bonds is 4. The van der Waals surface area contributed by atoms with Crippen molar-refractivity contribution in [3.05, 3.63) is 29.8 Å². The predicted octanol–water partition coefficient (Wildman–Crippen LogP) is 1.38. The molecule has 1 aromatic carbocycles. The van der Waals surface area contributed by atoms with Gasteiger partial charge in [0, 0.05) is 11.7 Å². The molecular weight excluding hydrogens is 204 g/mol. The third kappa shape index (κ3) is 3.55. The number of anilines is 1. The Morgan fingerprint density at radius 1 is 1.50 bits per heavy atom. The Morgan fingerprint density at radius 3 is 2.75 bits per heavy atom. The summed E-state index contributed by atoms with van der Waals surface area (Å²) in [5, 5.41) is 0. The van der Waals surface area contributed by atoms with Crippen molar-refractivity contribution in [2.75, 3.05) is 26.4 Å². The number of carbonyl (C=O) groups excluding carboxylic acids is 1. The van der Waals surface area contributed by atoms with E-state index in [-0.39, 0.29) is 12.0 Å². The first-order valence-corrected chi connectivity index (χ1v) is 5.20. The predicted molar refractivity (Wildman–Crippen MR) is 64.3 cm³/mol. The van der Waals surface area contributed by atoms with Crippen molar-refractivity contribution in [3.8, 4) is 0 Å². The number of hydrogen-bond acceptors (Lipinski definition) is 4. The van der Waals surface area contributed by atoms with E-state index in [4.69, 9.17) is 10.5 Å². The van der Waals surface area contributed by atoms with Gasteiger partial charge in [-0.3, -0.25) is 0 Å². The fourth-order valence-corrected chi connectivity index (χ4v) is 1.09. The van der Waals surface area contributed by atoms with Crippen LogP contribution in [0.2, 0.25) is 0 Å². The molecule has 4 heteroatoms. The topological polar surface area (TPSA) is 55.6 Å². The smallest absolute Gasteiger partial charge is 0.338 e. The molecule has 2 N–H and O–H groups in total. The van der Waals surface area contributed by atoms with Crippen molar-refractivity contribution >= 4 is 11.7 Å². The van der Waals surface area contributed by atoms with Crippen LogP contribution in [0.25, 0.3) is 0 Å². The third-order valence-corrected chi connectivity index (χ3v) is 2.46. The Kier molecular flexibility index (Phi) is 4.31.